The van der Waals surface area contributed by atoms with Crippen molar-refractivity contribution in [1.29, 1.82) is 5.26 Å². The second kappa shape index (κ2) is 5.67. The summed E-state index contributed by atoms with van der Waals surface area (Å²) in [6, 6.07) is 5.12. The Morgan fingerprint density at radius 3 is 2.73 bits per heavy atom. The average Bonchev–Trinajstić information content (AvgIpc) is 2.59. The minimum absolute atomic E-state index is 0.0744. The molecule has 2 fully saturated rings. The standard InChI is InChI=1S/C16H19N3O3/c1-22-14-8-13(20)16(14)4-6-19(7-5-16)15(21)11-2-3-12(9-17)18-10-11/h2-3,10,13-14,20H,4-8H2,1H3/t13-,14+/m0/s1. The number of ether oxygens (including phenoxy) is 1. The molecule has 0 radical (unpaired) electrons. The lowest BCUT2D eigenvalue weighted by Gasteiger charge is -2.56. The first-order valence-corrected chi connectivity index (χ1v) is 7.47. The van der Waals surface area contributed by atoms with Crippen LogP contribution in [0.25, 0.3) is 0 Å². The van der Waals surface area contributed by atoms with E-state index in [9.17, 15) is 9.90 Å². The minimum atomic E-state index is -0.328. The van der Waals surface area contributed by atoms with E-state index in [1.54, 1.807) is 24.1 Å². The van der Waals surface area contributed by atoms with Crippen LogP contribution in [0.3, 0.4) is 0 Å². The number of carbonyl (C=O) groups excluding carboxylic acids is 1. The van der Waals surface area contributed by atoms with Gasteiger partial charge in [-0.2, -0.15) is 5.26 Å². The van der Waals surface area contributed by atoms with Gasteiger partial charge in [-0.15, -0.1) is 0 Å². The number of nitrogens with zero attached hydrogens (tertiary/aromatic N) is 3. The van der Waals surface area contributed by atoms with Crippen LogP contribution in [0.4, 0.5) is 0 Å². The number of aliphatic hydroxyl groups is 1. The Balaban J connectivity index is 1.66. The highest BCUT2D eigenvalue weighted by atomic mass is 16.5. The summed E-state index contributed by atoms with van der Waals surface area (Å²) in [6.45, 7) is 1.21. The van der Waals surface area contributed by atoms with E-state index < -0.39 is 0 Å². The predicted octanol–water partition coefficient (Wildman–Crippen LogP) is 0.955. The summed E-state index contributed by atoms with van der Waals surface area (Å²) in [6.07, 6.45) is 3.40. The molecule has 0 aromatic carbocycles. The van der Waals surface area contributed by atoms with Gasteiger partial charge in [0.05, 0.1) is 17.8 Å². The number of methoxy groups -OCH3 is 1. The minimum Gasteiger partial charge on any atom is -0.392 e. The Morgan fingerprint density at radius 2 is 2.23 bits per heavy atom. The molecule has 2 atom stereocenters. The zero-order chi connectivity index (χ0) is 15.7. The Hall–Kier alpha value is -1.97. The molecule has 1 aliphatic carbocycles. The lowest BCUT2D eigenvalue weighted by molar-refractivity contribution is -0.199. The molecule has 2 aliphatic rings. The van der Waals surface area contributed by atoms with E-state index in [-0.39, 0.29) is 23.5 Å². The SMILES string of the molecule is CO[C@@H]1C[C@H](O)C12CCN(C(=O)c1ccc(C#N)nc1)CC2. The van der Waals surface area contributed by atoms with Gasteiger partial charge < -0.3 is 14.7 Å². The normalized spacial score (nSPS) is 26.3. The Bertz CT molecular complexity index is 600. The maximum atomic E-state index is 12.5. The molecule has 116 valence electrons. The van der Waals surface area contributed by atoms with Crippen molar-refractivity contribution < 1.29 is 14.6 Å². The van der Waals surface area contributed by atoms with E-state index in [1.807, 2.05) is 6.07 Å². The van der Waals surface area contributed by atoms with Gasteiger partial charge in [-0.25, -0.2) is 4.98 Å². The highest BCUT2D eigenvalue weighted by molar-refractivity contribution is 5.94. The van der Waals surface area contributed by atoms with Crippen molar-refractivity contribution >= 4 is 5.91 Å². The molecular formula is C16H19N3O3. The molecule has 1 saturated heterocycles. The third-order valence-corrected chi connectivity index (χ3v) is 5.13. The Morgan fingerprint density at radius 1 is 1.50 bits per heavy atom. The van der Waals surface area contributed by atoms with Gasteiger partial charge in [0.15, 0.2) is 0 Å². The lowest BCUT2D eigenvalue weighted by Crippen LogP contribution is -2.62. The van der Waals surface area contributed by atoms with Crippen LogP contribution < -0.4 is 0 Å². The fourth-order valence-electron chi connectivity index (χ4n) is 3.61. The van der Waals surface area contributed by atoms with Crippen LogP contribution in [-0.2, 0) is 4.74 Å². The van der Waals surface area contributed by atoms with Gasteiger partial charge in [-0.05, 0) is 25.0 Å². The number of pyridine rings is 1. The fraction of sp³-hybridized carbons (Fsp3) is 0.562. The third kappa shape index (κ3) is 2.27. The molecule has 3 rings (SSSR count). The first kappa shape index (κ1) is 14.9. The van der Waals surface area contributed by atoms with Crippen LogP contribution >= 0.6 is 0 Å². The first-order valence-electron chi connectivity index (χ1n) is 7.47. The van der Waals surface area contributed by atoms with Crippen LogP contribution in [0.2, 0.25) is 0 Å². The van der Waals surface area contributed by atoms with Crippen LogP contribution in [0.5, 0.6) is 0 Å². The zero-order valence-electron chi connectivity index (χ0n) is 12.5. The maximum Gasteiger partial charge on any atom is 0.255 e. The highest BCUT2D eigenvalue weighted by Gasteiger charge is 2.56. The van der Waals surface area contributed by atoms with Crippen LogP contribution in [0.15, 0.2) is 18.3 Å². The Labute approximate surface area is 129 Å². The number of nitriles is 1. The molecule has 1 N–H and O–H groups in total. The second-order valence-electron chi connectivity index (χ2n) is 6.05. The van der Waals surface area contributed by atoms with Gasteiger partial charge in [0.2, 0.25) is 0 Å². The molecule has 1 aromatic heterocycles. The molecule has 1 saturated carbocycles. The quantitative estimate of drug-likeness (QED) is 0.879. The van der Waals surface area contributed by atoms with Crippen molar-refractivity contribution in [3.63, 3.8) is 0 Å². The fourth-order valence-corrected chi connectivity index (χ4v) is 3.61. The number of amides is 1. The monoisotopic (exact) mass is 301 g/mol. The van der Waals surface area contributed by atoms with Gasteiger partial charge in [-0.3, -0.25) is 4.79 Å². The van der Waals surface area contributed by atoms with Gasteiger partial charge in [0, 0.05) is 38.2 Å². The van der Waals surface area contributed by atoms with E-state index in [0.717, 1.165) is 12.8 Å². The van der Waals surface area contributed by atoms with Crippen molar-refractivity contribution in [3.05, 3.63) is 29.6 Å². The van der Waals surface area contributed by atoms with E-state index in [1.165, 1.54) is 6.20 Å². The largest absolute Gasteiger partial charge is 0.392 e. The van der Waals surface area contributed by atoms with E-state index >= 15 is 0 Å². The number of likely N-dealkylation sites (tertiary alicyclic amines) is 1. The molecule has 6 nitrogen and oxygen atoms in total. The van der Waals surface area contributed by atoms with Crippen molar-refractivity contribution in [2.24, 2.45) is 5.41 Å². The van der Waals surface area contributed by atoms with Gasteiger partial charge in [0.1, 0.15) is 11.8 Å². The number of hydrogen-bond donors (Lipinski definition) is 1. The number of piperidine rings is 1. The zero-order valence-corrected chi connectivity index (χ0v) is 12.5. The molecule has 0 unspecified atom stereocenters. The molecule has 0 bridgehead atoms. The number of aromatic nitrogens is 1. The van der Waals surface area contributed by atoms with Crippen LogP contribution in [0.1, 0.15) is 35.3 Å². The molecule has 1 spiro atoms. The van der Waals surface area contributed by atoms with Gasteiger partial charge >= 0.3 is 0 Å². The summed E-state index contributed by atoms with van der Waals surface area (Å²) in [5, 5.41) is 18.8. The molecule has 1 amide bonds. The molecule has 6 heteroatoms. The molecular weight excluding hydrogens is 282 g/mol. The van der Waals surface area contributed by atoms with Crippen molar-refractivity contribution in [3.8, 4) is 6.07 Å². The van der Waals surface area contributed by atoms with Crippen molar-refractivity contribution in [1.82, 2.24) is 9.88 Å². The predicted molar refractivity (Wildman–Crippen MR) is 77.9 cm³/mol. The molecule has 22 heavy (non-hydrogen) atoms. The summed E-state index contributed by atoms with van der Waals surface area (Å²) in [4.78, 5) is 18.2. The summed E-state index contributed by atoms with van der Waals surface area (Å²) in [5.41, 5.74) is 0.608. The smallest absolute Gasteiger partial charge is 0.255 e. The maximum absolute atomic E-state index is 12.5. The van der Waals surface area contributed by atoms with Crippen molar-refractivity contribution in [2.45, 2.75) is 31.5 Å². The lowest BCUT2D eigenvalue weighted by atomic mass is 9.58. The van der Waals surface area contributed by atoms with E-state index in [0.29, 0.717) is 30.8 Å². The third-order valence-electron chi connectivity index (χ3n) is 5.13. The average molecular weight is 301 g/mol. The molecule has 2 heterocycles. The number of carbonyl (C=O) groups is 1. The first-order chi connectivity index (χ1) is 10.6. The number of hydrogen-bond acceptors (Lipinski definition) is 5. The topological polar surface area (TPSA) is 86.5 Å². The van der Waals surface area contributed by atoms with Crippen LogP contribution in [-0.4, -0.2) is 53.3 Å². The Kier molecular flexibility index (Phi) is 3.85. The van der Waals surface area contributed by atoms with Gasteiger partial charge in [0.25, 0.3) is 5.91 Å². The van der Waals surface area contributed by atoms with Crippen LogP contribution in [0, 0.1) is 16.7 Å². The van der Waals surface area contributed by atoms with Crippen molar-refractivity contribution in [2.75, 3.05) is 20.2 Å². The summed E-state index contributed by atoms with van der Waals surface area (Å²) in [7, 11) is 1.68. The van der Waals surface area contributed by atoms with E-state index in [2.05, 4.69) is 4.98 Å². The summed E-state index contributed by atoms with van der Waals surface area (Å²) in [5.74, 6) is -0.0744. The summed E-state index contributed by atoms with van der Waals surface area (Å²) < 4.78 is 5.45. The number of rotatable bonds is 2. The summed E-state index contributed by atoms with van der Waals surface area (Å²) >= 11 is 0. The molecule has 1 aromatic rings. The molecule has 1 aliphatic heterocycles. The second-order valence-corrected chi connectivity index (χ2v) is 6.05. The highest BCUT2D eigenvalue weighted by Crippen LogP contribution is 2.50. The number of aliphatic hydroxyl groups excluding tert-OH is 1. The van der Waals surface area contributed by atoms with Gasteiger partial charge in [-0.1, -0.05) is 0 Å². The van der Waals surface area contributed by atoms with E-state index in [4.69, 9.17) is 10.00 Å².